The number of aliphatic hydroxyl groups excluding tert-OH is 1. The topological polar surface area (TPSA) is 224 Å². The molecule has 1 amide bonds. The normalized spacial score (nSPS) is 11.1. The second-order valence-corrected chi connectivity index (χ2v) is 9.81. The summed E-state index contributed by atoms with van der Waals surface area (Å²) in [5.41, 5.74) is 9.88. The molecule has 214 valence electrons. The Morgan fingerprint density at radius 2 is 1.24 bits per heavy atom. The van der Waals surface area contributed by atoms with Gasteiger partial charge in [-0.25, -0.2) is 0 Å². The number of hydrogen-bond acceptors (Lipinski definition) is 9. The molecular formula is C24H46N2Na2O9S. The Morgan fingerprint density at radius 3 is 1.53 bits per heavy atom. The van der Waals surface area contributed by atoms with Gasteiger partial charge in [0.15, 0.2) is 0 Å². The molecule has 0 heterocycles. The Morgan fingerprint density at radius 1 is 0.842 bits per heavy atom. The second kappa shape index (κ2) is 35.0. The van der Waals surface area contributed by atoms with E-state index < -0.39 is 33.7 Å². The molecule has 0 saturated carbocycles. The van der Waals surface area contributed by atoms with E-state index >= 15 is 0 Å². The van der Waals surface area contributed by atoms with Gasteiger partial charge in [0.1, 0.15) is 5.25 Å². The van der Waals surface area contributed by atoms with Crippen LogP contribution < -0.4 is 80.8 Å². The van der Waals surface area contributed by atoms with Crippen molar-refractivity contribution in [2.24, 2.45) is 11.5 Å². The van der Waals surface area contributed by atoms with Gasteiger partial charge in [-0.3, -0.25) is 9.35 Å². The van der Waals surface area contributed by atoms with Crippen LogP contribution in [-0.4, -0.2) is 54.3 Å². The number of carboxylic acid groups (broad SMARTS) is 2. The number of amides is 1. The van der Waals surface area contributed by atoms with Crippen LogP contribution in [0.5, 0.6) is 0 Å². The number of aliphatic carboxylic acids is 2. The van der Waals surface area contributed by atoms with Crippen LogP contribution >= 0.6 is 0 Å². The zero-order valence-electron chi connectivity index (χ0n) is 23.6. The van der Waals surface area contributed by atoms with Crippen molar-refractivity contribution in [3.05, 3.63) is 12.2 Å². The molecule has 0 spiro atoms. The van der Waals surface area contributed by atoms with E-state index in [9.17, 15) is 33.0 Å². The van der Waals surface area contributed by atoms with Crippen LogP contribution in [0.2, 0.25) is 0 Å². The molecule has 0 aliphatic rings. The summed E-state index contributed by atoms with van der Waals surface area (Å²) in [5.74, 6) is -4.24. The van der Waals surface area contributed by atoms with Crippen LogP contribution in [0.1, 0.15) is 103 Å². The summed E-state index contributed by atoms with van der Waals surface area (Å²) in [5, 5.41) is 25.0. The summed E-state index contributed by atoms with van der Waals surface area (Å²) >= 11 is 0. The van der Waals surface area contributed by atoms with Crippen molar-refractivity contribution in [1.29, 1.82) is 0 Å². The molecule has 0 aliphatic carbocycles. The number of unbranched alkanes of at least 4 members (excludes halogenated alkanes) is 11. The maximum absolute atomic E-state index is 10.5. The van der Waals surface area contributed by atoms with Crippen LogP contribution in [0.4, 0.5) is 0 Å². The number of rotatable bonds is 20. The molecule has 6 N–H and O–H groups in total. The third-order valence-electron chi connectivity index (χ3n) is 4.79. The first kappa shape index (κ1) is 47.8. The third-order valence-corrected chi connectivity index (χ3v) is 5.87. The largest absolute Gasteiger partial charge is 1.00 e. The fraction of sp³-hybridized carbons (Fsp3) is 0.792. The van der Waals surface area contributed by atoms with E-state index in [1.165, 1.54) is 70.6 Å². The maximum atomic E-state index is 10.5. The second-order valence-electron chi connectivity index (χ2n) is 8.21. The molecule has 38 heavy (non-hydrogen) atoms. The van der Waals surface area contributed by atoms with E-state index in [0.717, 1.165) is 12.8 Å². The number of carbonyl (C=O) groups is 3. The number of carboxylic acids is 2. The van der Waals surface area contributed by atoms with E-state index in [4.69, 9.17) is 21.1 Å². The number of allylic oxidation sites excluding steroid dienone is 2. The average Bonchev–Trinajstić information content (AvgIpc) is 2.79. The van der Waals surface area contributed by atoms with E-state index in [-0.39, 0.29) is 71.6 Å². The standard InChI is InChI=1S/C18H35NO.C4H6O7S.C2H7NO.2Na/c1-2-3-4-5-6-7-8-9-10-11-12-13-14-15-16-17-18(19)20;5-3(6)1-2(4(7)8)12(9,10)11;3-1-2-4;;/h9-10H,2-8,11-17H2,1H3,(H2,19,20);2H,1H2,(H,5,6)(H,7,8)(H,9,10,11);4H,1-3H2;;/q;;;2*+1/p-2/b10-9-;;;;. The predicted molar refractivity (Wildman–Crippen MR) is 135 cm³/mol. The number of hydrogen-bond donors (Lipinski definition) is 4. The van der Waals surface area contributed by atoms with Crippen molar-refractivity contribution in [3.63, 3.8) is 0 Å². The van der Waals surface area contributed by atoms with Crippen LogP contribution in [0.25, 0.3) is 0 Å². The van der Waals surface area contributed by atoms with E-state index in [1.807, 2.05) is 0 Å². The number of nitrogens with two attached hydrogens (primary N) is 2. The zero-order valence-corrected chi connectivity index (χ0v) is 28.4. The number of carbonyl (C=O) groups excluding carboxylic acids is 3. The van der Waals surface area contributed by atoms with Crippen LogP contribution in [0.15, 0.2) is 12.2 Å². The summed E-state index contributed by atoms with van der Waals surface area (Å²) in [6.45, 7) is 2.74. The van der Waals surface area contributed by atoms with Crippen molar-refractivity contribution >= 4 is 28.0 Å². The molecule has 14 heteroatoms. The molecule has 1 atom stereocenters. The van der Waals surface area contributed by atoms with Gasteiger partial charge in [-0.05, 0) is 32.1 Å². The summed E-state index contributed by atoms with van der Waals surface area (Å²) in [4.78, 5) is 30.3. The molecular weight excluding hydrogens is 538 g/mol. The van der Waals surface area contributed by atoms with Gasteiger partial charge in [-0.2, -0.15) is 8.42 Å². The first-order chi connectivity index (χ1) is 16.9. The van der Waals surface area contributed by atoms with Crippen LogP contribution in [0.3, 0.4) is 0 Å². The van der Waals surface area contributed by atoms with Gasteiger partial charge in [0, 0.05) is 25.4 Å². The Labute approximate surface area is 272 Å². The van der Waals surface area contributed by atoms with E-state index in [1.54, 1.807) is 0 Å². The first-order valence-electron chi connectivity index (χ1n) is 12.5. The maximum Gasteiger partial charge on any atom is 1.00 e. The molecule has 11 nitrogen and oxygen atoms in total. The minimum absolute atomic E-state index is 0. The number of primary amides is 1. The van der Waals surface area contributed by atoms with E-state index in [0.29, 0.717) is 13.0 Å². The van der Waals surface area contributed by atoms with Gasteiger partial charge in [0.05, 0.1) is 12.6 Å². The smallest absolute Gasteiger partial charge is 0.550 e. The van der Waals surface area contributed by atoms with Gasteiger partial charge in [0.2, 0.25) is 5.91 Å². The van der Waals surface area contributed by atoms with Gasteiger partial charge in [-0.1, -0.05) is 70.4 Å². The average molecular weight is 585 g/mol. The molecule has 0 aromatic heterocycles. The van der Waals surface area contributed by atoms with Crippen LogP contribution in [-0.2, 0) is 24.5 Å². The minimum atomic E-state index is -4.94. The summed E-state index contributed by atoms with van der Waals surface area (Å²) in [6.07, 6.45) is 20.6. The number of aliphatic hydroxyl groups is 1. The monoisotopic (exact) mass is 584 g/mol. The first-order valence-corrected chi connectivity index (χ1v) is 14.0. The predicted octanol–water partition coefficient (Wildman–Crippen LogP) is -5.41. The van der Waals surface area contributed by atoms with Gasteiger partial charge < -0.3 is 36.4 Å². The van der Waals surface area contributed by atoms with Gasteiger partial charge in [-0.15, -0.1) is 0 Å². The molecule has 0 saturated heterocycles. The summed E-state index contributed by atoms with van der Waals surface area (Å²) in [6, 6.07) is 0. The molecule has 0 aromatic carbocycles. The fourth-order valence-corrected chi connectivity index (χ4v) is 3.42. The van der Waals surface area contributed by atoms with Gasteiger partial charge in [0.25, 0.3) is 10.1 Å². The van der Waals surface area contributed by atoms with Crippen molar-refractivity contribution < 1.29 is 102 Å². The molecule has 0 aromatic rings. The Hall–Kier alpha value is -0.0200. The quantitative estimate of drug-likeness (QED) is 0.0460. The molecule has 0 rings (SSSR count). The molecule has 0 fully saturated rings. The zero-order chi connectivity index (χ0) is 28.2. The van der Waals surface area contributed by atoms with E-state index in [2.05, 4.69) is 19.1 Å². The van der Waals surface area contributed by atoms with Crippen molar-refractivity contribution in [1.82, 2.24) is 0 Å². The minimum Gasteiger partial charge on any atom is -0.550 e. The van der Waals surface area contributed by atoms with Gasteiger partial charge >= 0.3 is 59.1 Å². The van der Waals surface area contributed by atoms with Crippen LogP contribution in [0, 0.1) is 0 Å². The van der Waals surface area contributed by atoms with Crippen molar-refractivity contribution in [2.45, 2.75) is 108 Å². The summed E-state index contributed by atoms with van der Waals surface area (Å²) in [7, 11) is -4.94. The fourth-order valence-electron chi connectivity index (χ4n) is 2.83. The molecule has 0 radical (unpaired) electrons. The summed E-state index contributed by atoms with van der Waals surface area (Å²) < 4.78 is 28.5. The van der Waals surface area contributed by atoms with Crippen molar-refractivity contribution in [3.8, 4) is 0 Å². The molecule has 0 bridgehead atoms. The Balaban J connectivity index is -0.000000172. The Kier molecular flexibility index (Phi) is 44.0. The molecule has 0 aliphatic heterocycles. The third kappa shape index (κ3) is 43.0. The Bertz CT molecular complexity index is 692. The molecule has 1 unspecified atom stereocenters. The SMILES string of the molecule is CCCCCCCC/C=C\CCCCCCCC(N)=O.NCCO.O=C([O-])CC(C(=O)[O-])S(=O)(=O)O.[Na+].[Na+]. The van der Waals surface area contributed by atoms with Crippen molar-refractivity contribution in [2.75, 3.05) is 13.2 Å².